The summed E-state index contributed by atoms with van der Waals surface area (Å²) in [6, 6.07) is -0.370. The van der Waals surface area contributed by atoms with Gasteiger partial charge in [0, 0.05) is 6.04 Å². The normalized spacial score (nSPS) is 15.7. The molecule has 1 amide bonds. The van der Waals surface area contributed by atoms with Crippen LogP contribution >= 0.6 is 23.5 Å². The van der Waals surface area contributed by atoms with Gasteiger partial charge in [0.05, 0.1) is 5.75 Å². The van der Waals surface area contributed by atoms with Gasteiger partial charge in [0.1, 0.15) is 12.4 Å². The Morgan fingerprint density at radius 1 is 1.57 bits per heavy atom. The zero-order valence-electron chi connectivity index (χ0n) is 11.7. The number of hydrogen-bond donors (Lipinski definition) is 2. The molecule has 1 aromatic heterocycles. The summed E-state index contributed by atoms with van der Waals surface area (Å²) in [6.07, 6.45) is 6.24. The lowest BCUT2D eigenvalue weighted by molar-refractivity contribution is -0.141. The molecule has 21 heavy (non-hydrogen) atoms. The lowest BCUT2D eigenvalue weighted by Gasteiger charge is -2.13. The minimum Gasteiger partial charge on any atom is -0.480 e. The maximum Gasteiger partial charge on any atom is 0.326 e. The van der Waals surface area contributed by atoms with Crippen molar-refractivity contribution in [2.45, 2.75) is 36.5 Å². The molecule has 0 saturated heterocycles. The lowest BCUT2D eigenvalue weighted by atomic mass is 10.2. The Morgan fingerprint density at radius 2 is 2.33 bits per heavy atom. The molecule has 1 aliphatic carbocycles. The molecule has 1 aliphatic rings. The first kappa shape index (κ1) is 16.2. The Bertz CT molecular complexity index is 504. The van der Waals surface area contributed by atoms with Crippen LogP contribution in [0.15, 0.2) is 11.5 Å². The third kappa shape index (κ3) is 4.92. The van der Waals surface area contributed by atoms with Crippen LogP contribution in [0.3, 0.4) is 0 Å². The van der Waals surface area contributed by atoms with E-state index in [1.165, 1.54) is 11.8 Å². The minimum absolute atomic E-state index is 0.147. The van der Waals surface area contributed by atoms with Gasteiger partial charge in [0.25, 0.3) is 0 Å². The Kier molecular flexibility index (Phi) is 5.92. The largest absolute Gasteiger partial charge is 0.480 e. The van der Waals surface area contributed by atoms with Gasteiger partial charge in [-0.3, -0.25) is 4.79 Å². The van der Waals surface area contributed by atoms with Crippen LogP contribution in [-0.2, 0) is 9.59 Å². The molecule has 0 aromatic carbocycles. The van der Waals surface area contributed by atoms with Gasteiger partial charge in [-0.15, -0.1) is 10.2 Å². The van der Waals surface area contributed by atoms with Crippen LogP contribution in [0.25, 0.3) is 0 Å². The van der Waals surface area contributed by atoms with E-state index in [1.54, 1.807) is 18.1 Å². The van der Waals surface area contributed by atoms with Crippen molar-refractivity contribution in [3.05, 3.63) is 6.33 Å². The summed E-state index contributed by atoms with van der Waals surface area (Å²) < 4.78 is 1.97. The highest BCUT2D eigenvalue weighted by Crippen LogP contribution is 2.37. The van der Waals surface area contributed by atoms with E-state index in [9.17, 15) is 9.59 Å². The van der Waals surface area contributed by atoms with E-state index in [2.05, 4.69) is 15.5 Å². The van der Waals surface area contributed by atoms with Crippen molar-refractivity contribution in [1.29, 1.82) is 0 Å². The number of hydrogen-bond acceptors (Lipinski definition) is 6. The Morgan fingerprint density at radius 3 is 2.95 bits per heavy atom. The zero-order chi connectivity index (χ0) is 15.2. The fourth-order valence-electron chi connectivity index (χ4n) is 1.80. The molecule has 0 unspecified atom stereocenters. The average Bonchev–Trinajstić information content (AvgIpc) is 3.19. The zero-order valence-corrected chi connectivity index (χ0v) is 13.3. The van der Waals surface area contributed by atoms with Gasteiger partial charge in [-0.1, -0.05) is 11.8 Å². The lowest BCUT2D eigenvalue weighted by Crippen LogP contribution is -2.42. The van der Waals surface area contributed by atoms with Gasteiger partial charge in [0.2, 0.25) is 5.91 Å². The van der Waals surface area contributed by atoms with Crippen molar-refractivity contribution < 1.29 is 14.7 Å². The summed E-state index contributed by atoms with van der Waals surface area (Å²) in [7, 11) is 0. The highest BCUT2D eigenvalue weighted by molar-refractivity contribution is 7.99. The monoisotopic (exact) mass is 330 g/mol. The highest BCUT2D eigenvalue weighted by Gasteiger charge is 2.26. The molecular formula is C12H18N4O3S2. The maximum absolute atomic E-state index is 11.9. The Labute approximate surface area is 131 Å². The van der Waals surface area contributed by atoms with Gasteiger partial charge in [0.15, 0.2) is 5.16 Å². The number of thioether (sulfide) groups is 2. The predicted octanol–water partition coefficient (Wildman–Crippen LogP) is 1.03. The molecule has 1 atom stereocenters. The third-order valence-corrected chi connectivity index (χ3v) is 4.66. The summed E-state index contributed by atoms with van der Waals surface area (Å²) in [4.78, 5) is 22.9. The molecule has 1 fully saturated rings. The number of nitrogens with zero attached hydrogens (tertiary/aromatic N) is 3. The molecule has 0 radical (unpaired) electrons. The van der Waals surface area contributed by atoms with E-state index < -0.39 is 12.0 Å². The van der Waals surface area contributed by atoms with Crippen molar-refractivity contribution in [2.75, 3.05) is 17.8 Å². The smallest absolute Gasteiger partial charge is 0.326 e. The molecule has 7 nitrogen and oxygen atoms in total. The maximum atomic E-state index is 11.9. The fraction of sp³-hybridized carbons (Fsp3) is 0.667. The van der Waals surface area contributed by atoms with Gasteiger partial charge in [-0.2, -0.15) is 11.8 Å². The number of aliphatic carboxylic acids is 1. The third-order valence-electron chi connectivity index (χ3n) is 3.06. The van der Waals surface area contributed by atoms with Gasteiger partial charge < -0.3 is 15.0 Å². The fourth-order valence-corrected chi connectivity index (χ4v) is 3.06. The molecule has 0 aliphatic heterocycles. The van der Waals surface area contributed by atoms with Gasteiger partial charge in [-0.05, 0) is 31.3 Å². The van der Waals surface area contributed by atoms with Crippen LogP contribution in [-0.4, -0.2) is 55.6 Å². The van der Waals surface area contributed by atoms with E-state index in [-0.39, 0.29) is 11.7 Å². The minimum atomic E-state index is -0.997. The van der Waals surface area contributed by atoms with E-state index in [4.69, 9.17) is 5.11 Å². The molecule has 1 saturated carbocycles. The van der Waals surface area contributed by atoms with Crippen LogP contribution in [0.5, 0.6) is 0 Å². The van der Waals surface area contributed by atoms with Crippen molar-refractivity contribution in [3.63, 3.8) is 0 Å². The molecule has 2 N–H and O–H groups in total. The summed E-state index contributed by atoms with van der Waals surface area (Å²) in [6.45, 7) is 0. The number of amides is 1. The number of carboxylic acid groups (broad SMARTS) is 1. The second-order valence-electron chi connectivity index (χ2n) is 4.78. The van der Waals surface area contributed by atoms with Crippen LogP contribution in [0, 0.1) is 0 Å². The van der Waals surface area contributed by atoms with Gasteiger partial charge in [-0.25, -0.2) is 4.79 Å². The summed E-state index contributed by atoms with van der Waals surface area (Å²) >= 11 is 2.84. The van der Waals surface area contributed by atoms with E-state index in [1.807, 2.05) is 10.8 Å². The standard InChI is InChI=1S/C12H18N4O3S2/c1-20-5-4-9(11(18)19)14-10(17)6-21-12-15-13-7-16(12)8-2-3-8/h7-9H,2-6H2,1H3,(H,14,17)(H,18,19)/t9-/m1/s1. The molecule has 0 bridgehead atoms. The van der Waals surface area contributed by atoms with Crippen LogP contribution in [0.4, 0.5) is 0 Å². The molecule has 2 rings (SSSR count). The highest BCUT2D eigenvalue weighted by atomic mass is 32.2. The first-order chi connectivity index (χ1) is 10.1. The average molecular weight is 330 g/mol. The summed E-state index contributed by atoms with van der Waals surface area (Å²) in [5, 5.41) is 20.2. The molecule has 1 heterocycles. The number of nitrogens with one attached hydrogen (secondary N) is 1. The second kappa shape index (κ2) is 7.69. The number of rotatable bonds is 9. The van der Waals surface area contributed by atoms with E-state index >= 15 is 0 Å². The Hall–Kier alpha value is -1.22. The number of carbonyl (C=O) groups is 2. The predicted molar refractivity (Wildman–Crippen MR) is 81.6 cm³/mol. The van der Waals surface area contributed by atoms with Crippen molar-refractivity contribution in [3.8, 4) is 0 Å². The van der Waals surface area contributed by atoms with Crippen LogP contribution in [0.2, 0.25) is 0 Å². The van der Waals surface area contributed by atoms with E-state index in [0.29, 0.717) is 23.4 Å². The first-order valence-corrected chi connectivity index (χ1v) is 9.03. The quantitative estimate of drug-likeness (QED) is 0.653. The van der Waals surface area contributed by atoms with Crippen molar-refractivity contribution in [1.82, 2.24) is 20.1 Å². The van der Waals surface area contributed by atoms with E-state index in [0.717, 1.165) is 12.8 Å². The molecule has 116 valence electrons. The topological polar surface area (TPSA) is 97.1 Å². The number of carbonyl (C=O) groups excluding carboxylic acids is 1. The Balaban J connectivity index is 1.80. The van der Waals surface area contributed by atoms with Crippen molar-refractivity contribution >= 4 is 35.4 Å². The summed E-state index contributed by atoms with van der Waals surface area (Å²) in [5.41, 5.74) is 0. The first-order valence-electron chi connectivity index (χ1n) is 6.65. The van der Waals surface area contributed by atoms with Crippen LogP contribution < -0.4 is 5.32 Å². The molecular weight excluding hydrogens is 312 g/mol. The van der Waals surface area contributed by atoms with Crippen LogP contribution in [0.1, 0.15) is 25.3 Å². The second-order valence-corrected chi connectivity index (χ2v) is 6.71. The van der Waals surface area contributed by atoms with Gasteiger partial charge >= 0.3 is 5.97 Å². The summed E-state index contributed by atoms with van der Waals surface area (Å²) in [5.74, 6) is -0.447. The molecule has 1 aromatic rings. The SMILES string of the molecule is CSCC[C@@H](NC(=O)CSc1nncn1C1CC1)C(=O)O. The number of carboxylic acids is 1. The molecule has 9 heteroatoms. The number of aromatic nitrogens is 3. The molecule has 0 spiro atoms. The van der Waals surface area contributed by atoms with Crippen molar-refractivity contribution in [2.24, 2.45) is 0 Å².